The predicted octanol–water partition coefficient (Wildman–Crippen LogP) is 2.61. The summed E-state index contributed by atoms with van der Waals surface area (Å²) in [6.45, 7) is 0. The summed E-state index contributed by atoms with van der Waals surface area (Å²) in [7, 11) is 0. The summed E-state index contributed by atoms with van der Waals surface area (Å²) in [5, 5.41) is 0. The Kier molecular flexibility index (Phi) is 2.51. The van der Waals surface area contributed by atoms with Crippen LogP contribution in [0.5, 0.6) is 0 Å². The Morgan fingerprint density at radius 2 is 2.00 bits per heavy atom. The standard InChI is InChI=1S/C11H9F2NO/c12-8-1-2-9(10(13)5-8)11(14)7-3-4-15-6-7/h1-6,11H,14H2. The second kappa shape index (κ2) is 3.82. The van der Waals surface area contributed by atoms with Gasteiger partial charge in [-0.25, -0.2) is 8.78 Å². The van der Waals surface area contributed by atoms with E-state index in [2.05, 4.69) is 0 Å². The van der Waals surface area contributed by atoms with Gasteiger partial charge >= 0.3 is 0 Å². The van der Waals surface area contributed by atoms with Crippen molar-refractivity contribution in [2.24, 2.45) is 5.73 Å². The van der Waals surface area contributed by atoms with Gasteiger partial charge in [0, 0.05) is 17.2 Å². The Balaban J connectivity index is 2.38. The molecule has 0 fully saturated rings. The van der Waals surface area contributed by atoms with Gasteiger partial charge in [-0.15, -0.1) is 0 Å². The second-order valence-corrected chi connectivity index (χ2v) is 3.20. The van der Waals surface area contributed by atoms with Gasteiger partial charge in [0.2, 0.25) is 0 Å². The van der Waals surface area contributed by atoms with Gasteiger partial charge in [0.15, 0.2) is 0 Å². The molecule has 2 nitrogen and oxygen atoms in total. The van der Waals surface area contributed by atoms with Crippen LogP contribution in [0.15, 0.2) is 41.2 Å². The van der Waals surface area contributed by atoms with E-state index in [0.29, 0.717) is 5.56 Å². The van der Waals surface area contributed by atoms with Crippen LogP contribution in [0, 0.1) is 11.6 Å². The SMILES string of the molecule is NC(c1ccoc1)c1ccc(F)cc1F. The lowest BCUT2D eigenvalue weighted by Crippen LogP contribution is -2.12. The lowest BCUT2D eigenvalue weighted by Gasteiger charge is -2.10. The molecule has 0 saturated carbocycles. The zero-order valence-corrected chi connectivity index (χ0v) is 7.78. The first kappa shape index (κ1) is 9.86. The monoisotopic (exact) mass is 209 g/mol. The Morgan fingerprint density at radius 1 is 1.20 bits per heavy atom. The smallest absolute Gasteiger partial charge is 0.131 e. The van der Waals surface area contributed by atoms with Crippen molar-refractivity contribution in [1.82, 2.24) is 0 Å². The molecular weight excluding hydrogens is 200 g/mol. The lowest BCUT2D eigenvalue weighted by atomic mass is 10.0. The third-order valence-electron chi connectivity index (χ3n) is 2.20. The summed E-state index contributed by atoms with van der Waals surface area (Å²) < 4.78 is 30.8. The van der Waals surface area contributed by atoms with Gasteiger partial charge in [0.1, 0.15) is 11.6 Å². The Morgan fingerprint density at radius 3 is 2.60 bits per heavy atom. The maximum atomic E-state index is 13.3. The van der Waals surface area contributed by atoms with Crippen LogP contribution in [-0.4, -0.2) is 0 Å². The van der Waals surface area contributed by atoms with Crippen molar-refractivity contribution in [2.45, 2.75) is 6.04 Å². The first-order valence-electron chi connectivity index (χ1n) is 4.41. The molecule has 2 N–H and O–H groups in total. The minimum absolute atomic E-state index is 0.248. The van der Waals surface area contributed by atoms with E-state index in [9.17, 15) is 8.78 Å². The molecule has 1 atom stereocenters. The fourth-order valence-electron chi connectivity index (χ4n) is 1.39. The Labute approximate surface area is 85.3 Å². The number of furan rings is 1. The molecule has 15 heavy (non-hydrogen) atoms. The van der Waals surface area contributed by atoms with E-state index in [1.807, 2.05) is 0 Å². The summed E-state index contributed by atoms with van der Waals surface area (Å²) in [5.74, 6) is -1.26. The maximum absolute atomic E-state index is 13.3. The molecule has 0 amide bonds. The van der Waals surface area contributed by atoms with E-state index in [0.717, 1.165) is 6.07 Å². The average Bonchev–Trinajstić information content (AvgIpc) is 2.69. The van der Waals surface area contributed by atoms with Gasteiger partial charge in [0.05, 0.1) is 18.6 Å². The maximum Gasteiger partial charge on any atom is 0.131 e. The van der Waals surface area contributed by atoms with Crippen LogP contribution in [0.4, 0.5) is 8.78 Å². The highest BCUT2D eigenvalue weighted by atomic mass is 19.1. The van der Waals surface area contributed by atoms with Crippen molar-refractivity contribution in [2.75, 3.05) is 0 Å². The van der Waals surface area contributed by atoms with Gasteiger partial charge in [-0.05, 0) is 12.1 Å². The van der Waals surface area contributed by atoms with Crippen LogP contribution in [0.3, 0.4) is 0 Å². The minimum Gasteiger partial charge on any atom is -0.472 e. The highest BCUT2D eigenvalue weighted by Gasteiger charge is 2.14. The molecule has 0 bridgehead atoms. The summed E-state index contributed by atoms with van der Waals surface area (Å²) >= 11 is 0. The summed E-state index contributed by atoms with van der Waals surface area (Å²) in [5.41, 5.74) is 6.69. The number of benzene rings is 1. The molecule has 0 aliphatic rings. The van der Waals surface area contributed by atoms with Crippen LogP contribution < -0.4 is 5.73 Å². The predicted molar refractivity (Wildman–Crippen MR) is 51.1 cm³/mol. The van der Waals surface area contributed by atoms with Crippen LogP contribution in [0.1, 0.15) is 17.2 Å². The third-order valence-corrected chi connectivity index (χ3v) is 2.20. The molecule has 2 rings (SSSR count). The van der Waals surface area contributed by atoms with Crippen molar-refractivity contribution in [3.05, 3.63) is 59.6 Å². The zero-order chi connectivity index (χ0) is 10.8. The van der Waals surface area contributed by atoms with Crippen LogP contribution >= 0.6 is 0 Å². The molecule has 0 aliphatic heterocycles. The van der Waals surface area contributed by atoms with Gasteiger partial charge in [-0.2, -0.15) is 0 Å². The normalized spacial score (nSPS) is 12.7. The molecule has 0 radical (unpaired) electrons. The van der Waals surface area contributed by atoms with E-state index >= 15 is 0 Å². The van der Waals surface area contributed by atoms with Gasteiger partial charge in [-0.3, -0.25) is 0 Å². The average molecular weight is 209 g/mol. The van der Waals surface area contributed by atoms with Crippen LogP contribution in [-0.2, 0) is 0 Å². The number of halogens is 2. The third kappa shape index (κ3) is 1.89. The Hall–Kier alpha value is -1.68. The molecule has 1 aromatic heterocycles. The molecule has 1 aromatic carbocycles. The number of hydrogen-bond donors (Lipinski definition) is 1. The number of hydrogen-bond acceptors (Lipinski definition) is 2. The first-order valence-corrected chi connectivity index (χ1v) is 4.41. The molecule has 4 heteroatoms. The van der Waals surface area contributed by atoms with Crippen molar-refractivity contribution >= 4 is 0 Å². The zero-order valence-electron chi connectivity index (χ0n) is 7.78. The molecule has 78 valence electrons. The lowest BCUT2D eigenvalue weighted by molar-refractivity contribution is 0.554. The van der Waals surface area contributed by atoms with Gasteiger partial charge in [-0.1, -0.05) is 6.07 Å². The summed E-state index contributed by atoms with van der Waals surface area (Å²) in [4.78, 5) is 0. The topological polar surface area (TPSA) is 39.2 Å². The molecule has 0 spiro atoms. The van der Waals surface area contributed by atoms with Crippen LogP contribution in [0.2, 0.25) is 0 Å². The van der Waals surface area contributed by atoms with Crippen LogP contribution in [0.25, 0.3) is 0 Å². The van der Waals surface area contributed by atoms with E-state index in [1.165, 1.54) is 24.7 Å². The van der Waals surface area contributed by atoms with Crippen molar-refractivity contribution in [1.29, 1.82) is 0 Å². The molecule has 1 unspecified atom stereocenters. The molecule has 1 heterocycles. The van der Waals surface area contributed by atoms with E-state index < -0.39 is 17.7 Å². The summed E-state index contributed by atoms with van der Waals surface area (Å²) in [6, 6.07) is 4.34. The molecule has 0 saturated heterocycles. The minimum atomic E-state index is -0.649. The van der Waals surface area contributed by atoms with Gasteiger partial charge in [0.25, 0.3) is 0 Å². The van der Waals surface area contributed by atoms with E-state index in [1.54, 1.807) is 6.07 Å². The summed E-state index contributed by atoms with van der Waals surface area (Å²) in [6.07, 6.45) is 2.89. The fourth-order valence-corrected chi connectivity index (χ4v) is 1.39. The van der Waals surface area contributed by atoms with E-state index in [4.69, 9.17) is 10.2 Å². The number of rotatable bonds is 2. The first-order chi connectivity index (χ1) is 7.18. The quantitative estimate of drug-likeness (QED) is 0.825. The number of nitrogens with two attached hydrogens (primary N) is 1. The van der Waals surface area contributed by atoms with Crippen molar-refractivity contribution in [3.63, 3.8) is 0 Å². The fraction of sp³-hybridized carbons (Fsp3) is 0.0909. The molecule has 2 aromatic rings. The van der Waals surface area contributed by atoms with Crippen molar-refractivity contribution in [3.8, 4) is 0 Å². The Bertz CT molecular complexity index is 454. The highest BCUT2D eigenvalue weighted by Crippen LogP contribution is 2.22. The highest BCUT2D eigenvalue weighted by molar-refractivity contribution is 5.30. The second-order valence-electron chi connectivity index (χ2n) is 3.20. The molecular formula is C11H9F2NO. The molecule has 0 aliphatic carbocycles. The van der Waals surface area contributed by atoms with Gasteiger partial charge < -0.3 is 10.2 Å². The largest absolute Gasteiger partial charge is 0.472 e. The van der Waals surface area contributed by atoms with Crippen molar-refractivity contribution < 1.29 is 13.2 Å². The van der Waals surface area contributed by atoms with E-state index in [-0.39, 0.29) is 5.56 Å².